The van der Waals surface area contributed by atoms with Crippen molar-refractivity contribution in [3.05, 3.63) is 117 Å². The average molecular weight is 1850 g/mol. The lowest BCUT2D eigenvalue weighted by atomic mass is 9.86. The molecule has 45 nitrogen and oxygen atoms in total. The Morgan fingerprint density at radius 1 is 0.633 bits per heavy atom. The van der Waals surface area contributed by atoms with E-state index in [2.05, 4.69) is 47.9 Å². The Hall–Kier alpha value is -10.1. The monoisotopic (exact) mass is 1840 g/mol. The quantitative estimate of drug-likeness (QED) is 0.0242. The molecule has 0 spiro atoms. The third-order valence-corrected chi connectivity index (χ3v) is 23.0. The number of rotatable bonds is 25. The molecule has 0 aliphatic carbocycles. The van der Waals surface area contributed by atoms with E-state index in [1.165, 1.54) is 27.0 Å². The van der Waals surface area contributed by atoms with Gasteiger partial charge in [0.1, 0.15) is 138 Å². The molecule has 27 atom stereocenters. The number of nitrogens with one attached hydrogen (secondary N) is 9. The summed E-state index contributed by atoms with van der Waals surface area (Å²) in [5.41, 5.74) is 7.69. The van der Waals surface area contributed by atoms with Crippen molar-refractivity contribution in [2.24, 2.45) is 17.4 Å². The first-order chi connectivity index (χ1) is 60.5. The molecule has 47 heteroatoms. The van der Waals surface area contributed by atoms with Gasteiger partial charge in [-0.3, -0.25) is 43.2 Å². The number of amides is 9. The van der Waals surface area contributed by atoms with E-state index >= 15 is 28.8 Å². The molecule has 5 aromatic rings. The number of halogens is 2. The highest BCUT2D eigenvalue weighted by molar-refractivity contribution is 6.32. The summed E-state index contributed by atoms with van der Waals surface area (Å²) in [6, 6.07) is -1.51. The van der Waals surface area contributed by atoms with Crippen LogP contribution in [0.2, 0.25) is 10.0 Å². The lowest BCUT2D eigenvalue weighted by Crippen LogP contribution is -2.64. The van der Waals surface area contributed by atoms with E-state index in [1.54, 1.807) is 13.8 Å². The van der Waals surface area contributed by atoms with Gasteiger partial charge in [0, 0.05) is 42.2 Å². The summed E-state index contributed by atoms with van der Waals surface area (Å²) in [5.74, 6) is -17.7. The van der Waals surface area contributed by atoms with Crippen LogP contribution in [-0.4, -0.2) is 314 Å². The van der Waals surface area contributed by atoms with Gasteiger partial charge in [-0.2, -0.15) is 0 Å². The minimum atomic E-state index is -2.53. The molecule has 3 fully saturated rings. The van der Waals surface area contributed by atoms with Crippen LogP contribution in [0.4, 0.5) is 0 Å². The van der Waals surface area contributed by atoms with Crippen molar-refractivity contribution >= 4 is 76.4 Å². The van der Waals surface area contributed by atoms with Crippen molar-refractivity contribution < 1.29 is 168 Å². The maximum absolute atomic E-state index is 16.3. The molecule has 5 aromatic carbocycles. The summed E-state index contributed by atoms with van der Waals surface area (Å²) in [6.45, 7) is 2.39. The number of likely N-dealkylation sites (N-methyl/N-ethyl adjacent to an activating group) is 1. The molecule has 3 saturated heterocycles. The van der Waals surface area contributed by atoms with Crippen molar-refractivity contribution in [2.45, 2.75) is 218 Å². The van der Waals surface area contributed by atoms with Gasteiger partial charge in [-0.1, -0.05) is 55.2 Å². The fourth-order valence-corrected chi connectivity index (χ4v) is 15.9. The molecule has 700 valence electrons. The topological polar surface area (TPSA) is 732 Å². The standard InChI is InChI=1S/C81H103Cl2N11O34/c1-28(2)15-39(86-5)71(113)93-56-58(103)31-8-11-44(37(82)17-31)122-46-19-33-20-47(68(46)128-80-69(63(108)61(106)49(27-97)125-80)126-51-24-81(4,85)70(112)29(3)121-51)123-45-12-9-32(18-38(45)83)59(104)57-77(119)92-55(73(115)87-13-6-14-88-78(120)65(110)64(109)67(43(101)25-95)127-79-66(111)62(107)60(105)48(26-96)124-79)36-21-34(98)22-42(100)52(36)35-16-30(7-10-41(35)99)53(74(116)94-57)91-75(117)54(33)90-72(114)40(23-50(84)102)89-76(56)118/h7-12,16-22,28-29,39-40,43,48-49,51,53-67,69-70,79-80,86,95-101,103-112H,6,13-15,23-27,85H2,1-5H3,(H2,84,102)(H,87,115)(H,88,120)(H,89,118)(H,90,114)(H,91,117)(H,92,119)(H,93,113)(H,94,116)/t29-,39+,40-,43+,48-,49+,51-,53+,54+,55-,56+,57-,58+,59+,60+,61+,62+,63-,64+,65+,66-,67+,69+,70+,79+,80-,81-/m0/s1. The lowest BCUT2D eigenvalue weighted by Gasteiger charge is -2.47. The zero-order valence-corrected chi connectivity index (χ0v) is 70.4. The minimum Gasteiger partial charge on any atom is -0.508 e. The number of phenolic OH excluding ortho intramolecular Hbond substituents is 3. The highest BCUT2D eigenvalue weighted by Gasteiger charge is 2.53. The number of primary amides is 1. The number of hydrogen-bond donors (Lipinski definition) is 28. The molecule has 13 rings (SSSR count). The summed E-state index contributed by atoms with van der Waals surface area (Å²) < 4.78 is 49.2. The van der Waals surface area contributed by atoms with Gasteiger partial charge in [-0.25, -0.2) is 0 Å². The Bertz CT molecular complexity index is 4910. The molecule has 11 bridgehead atoms. The van der Waals surface area contributed by atoms with E-state index < -0.39 is 341 Å². The van der Waals surface area contributed by atoms with Crippen LogP contribution in [0.5, 0.6) is 46.0 Å². The number of fused-ring (bicyclic) bond motifs is 15. The summed E-state index contributed by atoms with van der Waals surface area (Å²) in [5, 5.41) is 210. The average Bonchev–Trinajstić information content (AvgIpc) is 0.759. The molecule has 8 heterocycles. The molecule has 128 heavy (non-hydrogen) atoms. The maximum Gasteiger partial charge on any atom is 0.251 e. The largest absolute Gasteiger partial charge is 0.508 e. The second-order valence-corrected chi connectivity index (χ2v) is 33.1. The summed E-state index contributed by atoms with van der Waals surface area (Å²) in [4.78, 5) is 134. The fraction of sp³-hybridized carbons (Fsp3) is 0.519. The van der Waals surface area contributed by atoms with E-state index in [9.17, 15) is 101 Å². The number of aromatic hydroxyl groups is 3. The number of nitrogens with two attached hydrogens (primary N) is 2. The molecular weight excluding hydrogens is 1740 g/mol. The van der Waals surface area contributed by atoms with E-state index in [4.69, 9.17) is 72.6 Å². The summed E-state index contributed by atoms with van der Waals surface area (Å²) in [7, 11) is 1.45. The number of hydrogen-bond acceptors (Lipinski definition) is 36. The third kappa shape index (κ3) is 22.0. The van der Waals surface area contributed by atoms with Crippen LogP contribution in [0, 0.1) is 5.92 Å². The Labute approximate surface area is 737 Å². The number of carbonyl (C=O) groups is 9. The highest BCUT2D eigenvalue weighted by atomic mass is 35.5. The Morgan fingerprint density at radius 2 is 1.22 bits per heavy atom. The van der Waals surface area contributed by atoms with Gasteiger partial charge in [-0.15, -0.1) is 0 Å². The molecule has 0 unspecified atom stereocenters. The Kier molecular flexibility index (Phi) is 32.1. The van der Waals surface area contributed by atoms with Gasteiger partial charge in [0.15, 0.2) is 36.3 Å². The van der Waals surface area contributed by atoms with Crippen LogP contribution in [0.15, 0.2) is 78.9 Å². The lowest BCUT2D eigenvalue weighted by molar-refractivity contribution is -0.333. The molecule has 8 aliphatic heterocycles. The number of ether oxygens (including phenoxy) is 8. The third-order valence-electron chi connectivity index (χ3n) is 22.4. The van der Waals surface area contributed by atoms with Crippen LogP contribution in [0.1, 0.15) is 112 Å². The highest BCUT2D eigenvalue weighted by Crippen LogP contribution is 2.50. The van der Waals surface area contributed by atoms with E-state index in [1.807, 2.05) is 0 Å². The minimum absolute atomic E-state index is 0.137. The fourth-order valence-electron chi connectivity index (χ4n) is 15.4. The Balaban J connectivity index is 1.03. The van der Waals surface area contributed by atoms with Crippen molar-refractivity contribution in [1.29, 1.82) is 0 Å². The predicted octanol–water partition coefficient (Wildman–Crippen LogP) is -6.10. The summed E-state index contributed by atoms with van der Waals surface area (Å²) in [6.07, 6.45) is -38.5. The molecular formula is C81H103Cl2N11O34. The van der Waals surface area contributed by atoms with Crippen molar-refractivity contribution in [3.63, 3.8) is 0 Å². The zero-order valence-electron chi connectivity index (χ0n) is 68.9. The van der Waals surface area contributed by atoms with Gasteiger partial charge in [0.05, 0.1) is 54.5 Å². The van der Waals surface area contributed by atoms with Gasteiger partial charge in [-0.05, 0) is 122 Å². The number of phenols is 3. The number of aliphatic hydroxyl groups excluding tert-OH is 14. The smallest absolute Gasteiger partial charge is 0.251 e. The van der Waals surface area contributed by atoms with E-state index in [0.29, 0.717) is 0 Å². The number of benzene rings is 5. The molecule has 9 amide bonds. The first kappa shape index (κ1) is 98.5. The molecule has 30 N–H and O–H groups in total. The van der Waals surface area contributed by atoms with Gasteiger partial charge in [0.2, 0.25) is 59.3 Å². The van der Waals surface area contributed by atoms with Gasteiger partial charge in [0.25, 0.3) is 5.91 Å². The van der Waals surface area contributed by atoms with Crippen molar-refractivity contribution in [2.75, 3.05) is 40.0 Å². The van der Waals surface area contributed by atoms with Crippen LogP contribution in [-0.2, 0) is 66.8 Å². The van der Waals surface area contributed by atoms with E-state index in [-0.39, 0.29) is 36.3 Å². The normalized spacial score (nSPS) is 30.3. The molecule has 0 aromatic heterocycles. The molecule has 8 aliphatic rings. The van der Waals surface area contributed by atoms with Crippen LogP contribution in [0.25, 0.3) is 11.1 Å². The second-order valence-electron chi connectivity index (χ2n) is 32.3. The predicted molar refractivity (Wildman–Crippen MR) is 436 cm³/mol. The number of aliphatic hydroxyl groups is 14. The van der Waals surface area contributed by atoms with Gasteiger partial charge >= 0.3 is 0 Å². The maximum atomic E-state index is 16.3. The molecule has 0 saturated carbocycles. The Morgan fingerprint density at radius 3 is 1.81 bits per heavy atom. The van der Waals surface area contributed by atoms with Gasteiger partial charge < -0.3 is 184 Å². The SMILES string of the molecule is CN[C@H](CC(C)C)C(=O)N[C@H]1C(=O)N[C@@H](CC(N)=O)C(=O)N[C@H]2C(=O)N[C@H]3C(=O)N[C@H](C(=O)N[C@H](C(=O)NCCCNC(=O)[C@H](O)[C@@H](O)[C@H](O[C@H]4O[C@@H](CO)[C@@H](O)[C@@H](O)[C@@H]4O)[C@H](O)CO)c4cc(O)cc(O)c4-c4cc3ccc4O)[C@H](O)c3ccc(c(Cl)c3)Oc3cc2cc(c3O[C@@H]2O[C@H](CO)[C@@H](O)[C@H](O)[C@H]2O[C@H]2C[C@](C)(N)[C@H](O)[C@H](C)O2)Oc2ccc(cc2Cl)[C@H]1O. The number of carbonyl (C=O) groups excluding carboxylic acids is 9. The van der Waals surface area contributed by atoms with Crippen molar-refractivity contribution in [3.8, 4) is 57.1 Å². The first-order valence-corrected chi connectivity index (χ1v) is 41.1. The first-order valence-electron chi connectivity index (χ1n) is 40.4. The van der Waals surface area contributed by atoms with Crippen LogP contribution in [0.3, 0.4) is 0 Å². The van der Waals surface area contributed by atoms with Crippen LogP contribution < -0.4 is 73.5 Å². The van der Waals surface area contributed by atoms with Crippen LogP contribution >= 0.6 is 23.2 Å². The second kappa shape index (κ2) is 41.7. The zero-order chi connectivity index (χ0) is 93.7. The summed E-state index contributed by atoms with van der Waals surface area (Å²) >= 11 is 14.3. The molecule has 0 radical (unpaired) electrons. The van der Waals surface area contributed by atoms with Crippen molar-refractivity contribution in [1.82, 2.24) is 47.9 Å². The van der Waals surface area contributed by atoms with E-state index in [0.717, 1.165) is 72.8 Å².